The molecule has 1 aromatic heterocycles. The Morgan fingerprint density at radius 1 is 1.32 bits per heavy atom. The first-order valence-corrected chi connectivity index (χ1v) is 6.71. The molecule has 2 amide bonds. The molecule has 0 saturated carbocycles. The van der Waals surface area contributed by atoms with E-state index in [9.17, 15) is 9.59 Å². The molecule has 0 radical (unpaired) electrons. The van der Waals surface area contributed by atoms with Crippen molar-refractivity contribution in [3.63, 3.8) is 0 Å². The molecule has 2 N–H and O–H groups in total. The monoisotopic (exact) mass is 323 g/mol. The third-order valence-corrected chi connectivity index (χ3v) is 2.89. The second kappa shape index (κ2) is 7.41. The number of ether oxygens (including phenoxy) is 1. The van der Waals surface area contributed by atoms with E-state index in [1.165, 1.54) is 18.1 Å². The average Bonchev–Trinajstić information content (AvgIpc) is 2.93. The van der Waals surface area contributed by atoms with Crippen molar-refractivity contribution in [1.29, 1.82) is 0 Å². The molecule has 0 aliphatic rings. The van der Waals surface area contributed by atoms with E-state index in [0.717, 1.165) is 5.56 Å². The van der Waals surface area contributed by atoms with Gasteiger partial charge in [0, 0.05) is 11.6 Å². The topological polar surface area (TPSA) is 98.1 Å². The molecule has 2 rings (SSSR count). The van der Waals surface area contributed by atoms with Crippen LogP contribution in [0.2, 0.25) is 5.02 Å². The van der Waals surface area contributed by atoms with Crippen LogP contribution in [0.4, 0.5) is 10.6 Å². The molecule has 0 atom stereocenters. The molecular weight excluding hydrogens is 310 g/mol. The van der Waals surface area contributed by atoms with Gasteiger partial charge < -0.3 is 10.1 Å². The van der Waals surface area contributed by atoms with Gasteiger partial charge >= 0.3 is 6.09 Å². The van der Waals surface area contributed by atoms with Gasteiger partial charge in [0.25, 0.3) is 0 Å². The van der Waals surface area contributed by atoms with E-state index in [1.54, 1.807) is 12.1 Å². The van der Waals surface area contributed by atoms with E-state index in [4.69, 9.17) is 11.6 Å². The number of aromatic nitrogens is 3. The van der Waals surface area contributed by atoms with E-state index in [-0.39, 0.29) is 18.3 Å². The van der Waals surface area contributed by atoms with Crippen LogP contribution in [0.15, 0.2) is 30.5 Å². The van der Waals surface area contributed by atoms with Crippen LogP contribution in [-0.2, 0) is 22.6 Å². The van der Waals surface area contributed by atoms with Gasteiger partial charge in [-0.1, -0.05) is 23.7 Å². The van der Waals surface area contributed by atoms with Crippen molar-refractivity contribution in [2.75, 3.05) is 12.4 Å². The van der Waals surface area contributed by atoms with Crippen molar-refractivity contribution in [2.24, 2.45) is 0 Å². The van der Waals surface area contributed by atoms with Crippen LogP contribution >= 0.6 is 11.6 Å². The van der Waals surface area contributed by atoms with E-state index in [1.807, 2.05) is 12.1 Å². The van der Waals surface area contributed by atoms with Crippen molar-refractivity contribution in [2.45, 2.75) is 13.1 Å². The van der Waals surface area contributed by atoms with E-state index < -0.39 is 6.09 Å². The molecule has 0 aliphatic carbocycles. The summed E-state index contributed by atoms with van der Waals surface area (Å²) in [5.74, 6) is -0.0486. The number of benzene rings is 1. The highest BCUT2D eigenvalue weighted by Gasteiger charge is 2.08. The normalized spacial score (nSPS) is 10.1. The van der Waals surface area contributed by atoms with Crippen molar-refractivity contribution < 1.29 is 14.3 Å². The van der Waals surface area contributed by atoms with Gasteiger partial charge in [0.15, 0.2) is 5.82 Å². The van der Waals surface area contributed by atoms with Gasteiger partial charge in [-0.3, -0.25) is 10.1 Å². The van der Waals surface area contributed by atoms with Crippen LogP contribution in [0, 0.1) is 0 Å². The highest BCUT2D eigenvalue weighted by molar-refractivity contribution is 6.30. The number of carbonyl (C=O) groups is 2. The summed E-state index contributed by atoms with van der Waals surface area (Å²) in [6.07, 6.45) is 0.669. The molecule has 8 nitrogen and oxygen atoms in total. The summed E-state index contributed by atoms with van der Waals surface area (Å²) in [5.41, 5.74) is 0.930. The lowest BCUT2D eigenvalue weighted by molar-refractivity contribution is -0.122. The Morgan fingerprint density at radius 2 is 2.05 bits per heavy atom. The number of anilines is 1. The number of halogens is 1. The molecular formula is C13H14ClN5O3. The molecule has 0 saturated heterocycles. The maximum absolute atomic E-state index is 11.8. The van der Waals surface area contributed by atoms with Crippen LogP contribution in [0.5, 0.6) is 0 Å². The van der Waals surface area contributed by atoms with E-state index >= 15 is 0 Å². The minimum Gasteiger partial charge on any atom is -0.453 e. The number of hydrogen-bond donors (Lipinski definition) is 2. The van der Waals surface area contributed by atoms with Crippen molar-refractivity contribution >= 4 is 29.4 Å². The molecule has 1 heterocycles. The predicted octanol–water partition coefficient (Wildman–Crippen LogP) is 1.43. The highest BCUT2D eigenvalue weighted by atomic mass is 35.5. The Morgan fingerprint density at radius 3 is 2.73 bits per heavy atom. The first kappa shape index (κ1) is 15.8. The Hall–Kier alpha value is -2.61. The average molecular weight is 324 g/mol. The summed E-state index contributed by atoms with van der Waals surface area (Å²) in [7, 11) is 1.24. The maximum Gasteiger partial charge on any atom is 0.412 e. The Balaban J connectivity index is 1.81. The van der Waals surface area contributed by atoms with E-state index in [0.29, 0.717) is 11.6 Å². The zero-order valence-corrected chi connectivity index (χ0v) is 12.5. The zero-order chi connectivity index (χ0) is 15.9. The fourth-order valence-electron chi connectivity index (χ4n) is 1.57. The Bertz CT molecular complexity index is 656. The third-order valence-electron chi connectivity index (χ3n) is 2.64. The first-order chi connectivity index (χ1) is 10.6. The Labute approximate surface area is 131 Å². The van der Waals surface area contributed by atoms with Gasteiger partial charge in [-0.15, -0.1) is 5.10 Å². The van der Waals surface area contributed by atoms with Gasteiger partial charge in [0.1, 0.15) is 6.54 Å². The summed E-state index contributed by atoms with van der Waals surface area (Å²) in [6.45, 7) is 0.320. The zero-order valence-electron chi connectivity index (χ0n) is 11.7. The van der Waals surface area contributed by atoms with Gasteiger partial charge in [0.2, 0.25) is 5.91 Å². The maximum atomic E-state index is 11.8. The van der Waals surface area contributed by atoms with Gasteiger partial charge in [-0.2, -0.15) is 9.90 Å². The standard InChI is InChI=1S/C13H14ClN5O3/c1-22-13(21)17-11-7-16-19(18-11)8-12(20)15-6-9-2-4-10(14)5-3-9/h2-5,7H,6,8H2,1H3,(H,15,20)(H,17,18,21). The molecule has 116 valence electrons. The van der Waals surface area contributed by atoms with Gasteiger partial charge in [-0.25, -0.2) is 4.79 Å². The number of nitrogens with zero attached hydrogens (tertiary/aromatic N) is 3. The number of carbonyl (C=O) groups excluding carboxylic acids is 2. The smallest absolute Gasteiger partial charge is 0.412 e. The lowest BCUT2D eigenvalue weighted by Gasteiger charge is -2.05. The van der Waals surface area contributed by atoms with Crippen LogP contribution < -0.4 is 10.6 Å². The van der Waals surface area contributed by atoms with Crippen LogP contribution in [-0.4, -0.2) is 34.1 Å². The number of methoxy groups -OCH3 is 1. The molecule has 0 spiro atoms. The number of rotatable bonds is 5. The SMILES string of the molecule is COC(=O)Nc1cnn(CC(=O)NCc2ccc(Cl)cc2)n1. The summed E-state index contributed by atoms with van der Waals surface area (Å²) < 4.78 is 4.42. The number of hydrogen-bond acceptors (Lipinski definition) is 5. The fraction of sp³-hybridized carbons (Fsp3) is 0.231. The fourth-order valence-corrected chi connectivity index (χ4v) is 1.70. The van der Waals surface area contributed by atoms with Crippen LogP contribution in [0.1, 0.15) is 5.56 Å². The van der Waals surface area contributed by atoms with Crippen molar-refractivity contribution in [3.05, 3.63) is 41.0 Å². The van der Waals surface area contributed by atoms with Gasteiger partial charge in [0.05, 0.1) is 13.3 Å². The van der Waals surface area contributed by atoms with Crippen LogP contribution in [0.3, 0.4) is 0 Å². The Kier molecular flexibility index (Phi) is 5.31. The highest BCUT2D eigenvalue weighted by Crippen LogP contribution is 2.09. The second-order valence-electron chi connectivity index (χ2n) is 4.28. The molecule has 0 bridgehead atoms. The molecule has 9 heteroatoms. The molecule has 1 aromatic carbocycles. The first-order valence-electron chi connectivity index (χ1n) is 6.33. The van der Waals surface area contributed by atoms with Crippen molar-refractivity contribution in [1.82, 2.24) is 20.3 Å². The molecule has 2 aromatic rings. The van der Waals surface area contributed by atoms with Gasteiger partial charge in [-0.05, 0) is 17.7 Å². The third kappa shape index (κ3) is 4.74. The van der Waals surface area contributed by atoms with E-state index in [2.05, 4.69) is 25.6 Å². The summed E-state index contributed by atoms with van der Waals surface area (Å²) in [6, 6.07) is 7.16. The molecule has 0 unspecified atom stereocenters. The number of nitrogens with one attached hydrogen (secondary N) is 2. The predicted molar refractivity (Wildman–Crippen MR) is 79.3 cm³/mol. The largest absolute Gasteiger partial charge is 0.453 e. The summed E-state index contributed by atoms with van der Waals surface area (Å²) in [4.78, 5) is 24.0. The minimum atomic E-state index is -0.653. The molecule has 22 heavy (non-hydrogen) atoms. The molecule has 0 aliphatic heterocycles. The lowest BCUT2D eigenvalue weighted by atomic mass is 10.2. The van der Waals surface area contributed by atoms with Crippen molar-refractivity contribution in [3.8, 4) is 0 Å². The van der Waals surface area contributed by atoms with Crippen LogP contribution in [0.25, 0.3) is 0 Å². The second-order valence-corrected chi connectivity index (χ2v) is 4.72. The summed E-state index contributed by atoms with van der Waals surface area (Å²) in [5, 5.41) is 13.5. The number of amides is 2. The lowest BCUT2D eigenvalue weighted by Crippen LogP contribution is -2.28. The molecule has 0 fully saturated rings. The quantitative estimate of drug-likeness (QED) is 0.867. The summed E-state index contributed by atoms with van der Waals surface area (Å²) >= 11 is 5.78. The minimum absolute atomic E-state index is 0.0591.